The third kappa shape index (κ3) is 3.60. The molecule has 0 amide bonds. The molecule has 0 fully saturated rings. The summed E-state index contributed by atoms with van der Waals surface area (Å²) in [5.41, 5.74) is 1.32. The minimum absolute atomic E-state index is 0.462. The van der Waals surface area contributed by atoms with Gasteiger partial charge >= 0.3 is 0 Å². The smallest absolute Gasteiger partial charge is 0.0363 e. The fraction of sp³-hybridized carbons (Fsp3) is 0.643. The second kappa shape index (κ2) is 7.39. The molecule has 2 nitrogen and oxygen atoms in total. The van der Waals surface area contributed by atoms with Gasteiger partial charge in [-0.05, 0) is 30.5 Å². The molecular weight excluding hydrogens is 196 g/mol. The predicted molar refractivity (Wildman–Crippen MR) is 69.3 cm³/mol. The molecule has 1 atom stereocenters. The van der Waals surface area contributed by atoms with Gasteiger partial charge in [0.2, 0.25) is 0 Å². The van der Waals surface area contributed by atoms with E-state index in [4.69, 9.17) is 0 Å². The molecule has 0 spiro atoms. The summed E-state index contributed by atoms with van der Waals surface area (Å²) in [5.74, 6) is 0.704. The topological polar surface area (TPSA) is 24.9 Å². The van der Waals surface area contributed by atoms with E-state index >= 15 is 0 Å². The van der Waals surface area contributed by atoms with Gasteiger partial charge in [0.05, 0.1) is 0 Å². The fourth-order valence-electron chi connectivity index (χ4n) is 2.18. The second-order valence-electron chi connectivity index (χ2n) is 4.29. The van der Waals surface area contributed by atoms with Crippen molar-refractivity contribution in [3.05, 3.63) is 30.1 Å². The number of nitrogens with one attached hydrogen (secondary N) is 1. The molecule has 2 heteroatoms. The molecule has 0 aliphatic carbocycles. The molecule has 1 N–H and O–H groups in total. The Morgan fingerprint density at radius 3 is 2.50 bits per heavy atom. The van der Waals surface area contributed by atoms with Crippen LogP contribution in [0, 0.1) is 5.92 Å². The maximum absolute atomic E-state index is 4.22. The van der Waals surface area contributed by atoms with Crippen molar-refractivity contribution in [2.45, 2.75) is 46.1 Å². The minimum Gasteiger partial charge on any atom is -0.310 e. The lowest BCUT2D eigenvalue weighted by Crippen LogP contribution is -2.28. The summed E-state index contributed by atoms with van der Waals surface area (Å²) in [6, 6.07) is 4.67. The third-order valence-corrected chi connectivity index (χ3v) is 3.18. The Balaban J connectivity index is 2.78. The van der Waals surface area contributed by atoms with Gasteiger partial charge < -0.3 is 5.32 Å². The molecule has 0 radical (unpaired) electrons. The summed E-state index contributed by atoms with van der Waals surface area (Å²) in [7, 11) is 0. The summed E-state index contributed by atoms with van der Waals surface area (Å²) in [4.78, 5) is 4.22. The monoisotopic (exact) mass is 220 g/mol. The van der Waals surface area contributed by atoms with Gasteiger partial charge in [0.1, 0.15) is 0 Å². The quantitative estimate of drug-likeness (QED) is 0.760. The van der Waals surface area contributed by atoms with Crippen LogP contribution in [0.3, 0.4) is 0 Å². The van der Waals surface area contributed by atoms with Gasteiger partial charge in [-0.25, -0.2) is 0 Å². The van der Waals surface area contributed by atoms with E-state index in [0.29, 0.717) is 12.0 Å². The van der Waals surface area contributed by atoms with Gasteiger partial charge in [-0.2, -0.15) is 0 Å². The Kier molecular flexibility index (Phi) is 6.09. The maximum Gasteiger partial charge on any atom is 0.0363 e. The lowest BCUT2D eigenvalue weighted by Gasteiger charge is -2.26. The first-order chi connectivity index (χ1) is 7.83. The molecule has 0 aromatic carbocycles. The zero-order valence-electron chi connectivity index (χ0n) is 10.7. The van der Waals surface area contributed by atoms with Crippen molar-refractivity contribution in [2.24, 2.45) is 5.92 Å². The molecule has 1 aromatic heterocycles. The van der Waals surface area contributed by atoms with Crippen molar-refractivity contribution < 1.29 is 0 Å². The van der Waals surface area contributed by atoms with Crippen LogP contribution >= 0.6 is 0 Å². The molecule has 90 valence electrons. The number of hydrogen-bond acceptors (Lipinski definition) is 2. The second-order valence-corrected chi connectivity index (χ2v) is 4.29. The zero-order chi connectivity index (χ0) is 11.8. The zero-order valence-corrected chi connectivity index (χ0v) is 10.7. The van der Waals surface area contributed by atoms with Crippen LogP contribution in [0.5, 0.6) is 0 Å². The molecule has 0 aliphatic rings. The first-order valence-electron chi connectivity index (χ1n) is 6.46. The number of hydrogen-bond donors (Lipinski definition) is 1. The van der Waals surface area contributed by atoms with Gasteiger partial charge in [0, 0.05) is 18.4 Å². The van der Waals surface area contributed by atoms with Crippen molar-refractivity contribution in [1.82, 2.24) is 10.3 Å². The van der Waals surface area contributed by atoms with Crippen LogP contribution in [-0.2, 0) is 0 Å². The average molecular weight is 220 g/mol. The van der Waals surface area contributed by atoms with E-state index in [-0.39, 0.29) is 0 Å². The summed E-state index contributed by atoms with van der Waals surface area (Å²) in [6.45, 7) is 7.83. The summed E-state index contributed by atoms with van der Waals surface area (Å²) < 4.78 is 0. The largest absolute Gasteiger partial charge is 0.310 e. The van der Waals surface area contributed by atoms with Gasteiger partial charge in [-0.1, -0.05) is 39.7 Å². The Morgan fingerprint density at radius 1 is 1.25 bits per heavy atom. The molecule has 1 heterocycles. The lowest BCUT2D eigenvalue weighted by molar-refractivity contribution is 0.341. The van der Waals surface area contributed by atoms with Crippen LogP contribution in [-0.4, -0.2) is 11.5 Å². The number of nitrogens with zero attached hydrogens (tertiary/aromatic N) is 1. The van der Waals surface area contributed by atoms with E-state index < -0.39 is 0 Å². The summed E-state index contributed by atoms with van der Waals surface area (Å²) >= 11 is 0. The molecule has 1 rings (SSSR count). The average Bonchev–Trinajstić information content (AvgIpc) is 2.35. The first kappa shape index (κ1) is 13.2. The minimum atomic E-state index is 0.462. The molecule has 1 aromatic rings. The van der Waals surface area contributed by atoms with Crippen LogP contribution in [0.2, 0.25) is 0 Å². The molecule has 0 saturated heterocycles. The molecule has 0 aliphatic heterocycles. The normalized spacial score (nSPS) is 13.0. The summed E-state index contributed by atoms with van der Waals surface area (Å²) in [6.07, 6.45) is 7.44. The summed E-state index contributed by atoms with van der Waals surface area (Å²) in [5, 5.41) is 3.65. The lowest BCUT2D eigenvalue weighted by atomic mass is 9.89. The van der Waals surface area contributed by atoms with Crippen LogP contribution in [0.25, 0.3) is 0 Å². The van der Waals surface area contributed by atoms with E-state index in [2.05, 4.69) is 37.1 Å². The Bertz CT molecular complexity index is 267. The van der Waals surface area contributed by atoms with Gasteiger partial charge in [0.25, 0.3) is 0 Å². The SMILES string of the molecule is CCCNC(c1cccnc1)C(CC)CC. The highest BCUT2D eigenvalue weighted by molar-refractivity contribution is 5.14. The molecule has 16 heavy (non-hydrogen) atoms. The molecule has 0 bridgehead atoms. The van der Waals surface area contributed by atoms with Crippen LogP contribution < -0.4 is 5.32 Å². The van der Waals surface area contributed by atoms with Gasteiger partial charge in [0.15, 0.2) is 0 Å². The highest BCUT2D eigenvalue weighted by Gasteiger charge is 2.19. The Morgan fingerprint density at radius 2 is 2.00 bits per heavy atom. The van der Waals surface area contributed by atoms with Crippen molar-refractivity contribution in [2.75, 3.05) is 6.54 Å². The Labute approximate surface area is 99.5 Å². The van der Waals surface area contributed by atoms with E-state index in [1.54, 1.807) is 0 Å². The molecule has 1 unspecified atom stereocenters. The van der Waals surface area contributed by atoms with Crippen molar-refractivity contribution in [3.8, 4) is 0 Å². The van der Waals surface area contributed by atoms with Crippen molar-refractivity contribution >= 4 is 0 Å². The first-order valence-corrected chi connectivity index (χ1v) is 6.46. The fourth-order valence-corrected chi connectivity index (χ4v) is 2.18. The predicted octanol–water partition coefficient (Wildman–Crippen LogP) is 3.56. The number of pyridine rings is 1. The highest BCUT2D eigenvalue weighted by atomic mass is 14.9. The third-order valence-electron chi connectivity index (χ3n) is 3.18. The Hall–Kier alpha value is -0.890. The van der Waals surface area contributed by atoms with Gasteiger partial charge in [-0.3, -0.25) is 4.98 Å². The van der Waals surface area contributed by atoms with E-state index in [9.17, 15) is 0 Å². The van der Waals surface area contributed by atoms with E-state index in [1.165, 1.54) is 24.8 Å². The molecule has 0 saturated carbocycles. The van der Waals surface area contributed by atoms with Crippen molar-refractivity contribution in [1.29, 1.82) is 0 Å². The number of rotatable bonds is 7. The number of aromatic nitrogens is 1. The van der Waals surface area contributed by atoms with E-state index in [0.717, 1.165) is 6.54 Å². The molecular formula is C14H24N2. The van der Waals surface area contributed by atoms with Crippen LogP contribution in [0.1, 0.15) is 51.6 Å². The van der Waals surface area contributed by atoms with Crippen LogP contribution in [0.15, 0.2) is 24.5 Å². The highest BCUT2D eigenvalue weighted by Crippen LogP contribution is 2.26. The van der Waals surface area contributed by atoms with Crippen LogP contribution in [0.4, 0.5) is 0 Å². The van der Waals surface area contributed by atoms with Crippen molar-refractivity contribution in [3.63, 3.8) is 0 Å². The standard InChI is InChI=1S/C14H24N2/c1-4-9-16-14(12(5-2)6-3)13-8-7-10-15-11-13/h7-8,10-12,14,16H,4-6,9H2,1-3H3. The maximum atomic E-state index is 4.22. The van der Waals surface area contributed by atoms with E-state index in [1.807, 2.05) is 18.5 Å². The van der Waals surface area contributed by atoms with Gasteiger partial charge in [-0.15, -0.1) is 0 Å².